The number of anilines is 2. The van der Waals surface area contributed by atoms with Crippen molar-refractivity contribution in [2.45, 2.75) is 38.3 Å². The SMILES string of the molecule is CCN(CC)c1ccc(S(=O)(=O)N(CC)CC)cc1NC(=O)c1cccc(CS(C)(=O)=O)c1. The van der Waals surface area contributed by atoms with E-state index in [-0.39, 0.29) is 10.6 Å². The van der Waals surface area contributed by atoms with E-state index >= 15 is 0 Å². The lowest BCUT2D eigenvalue weighted by Crippen LogP contribution is -2.31. The van der Waals surface area contributed by atoms with Gasteiger partial charge in [0.25, 0.3) is 5.91 Å². The maximum absolute atomic E-state index is 13.1. The molecule has 0 aliphatic rings. The molecule has 0 bridgehead atoms. The molecule has 0 aromatic heterocycles. The fourth-order valence-corrected chi connectivity index (χ4v) is 5.90. The Morgan fingerprint density at radius 1 is 0.879 bits per heavy atom. The van der Waals surface area contributed by atoms with Gasteiger partial charge in [0, 0.05) is 38.0 Å². The van der Waals surface area contributed by atoms with E-state index in [2.05, 4.69) is 5.32 Å². The number of benzene rings is 2. The first-order chi connectivity index (χ1) is 15.5. The summed E-state index contributed by atoms with van der Waals surface area (Å²) < 4.78 is 50.7. The molecule has 1 N–H and O–H groups in total. The zero-order valence-corrected chi connectivity index (χ0v) is 21.5. The quantitative estimate of drug-likeness (QED) is 0.513. The highest BCUT2D eigenvalue weighted by atomic mass is 32.2. The number of hydrogen-bond acceptors (Lipinski definition) is 6. The van der Waals surface area contributed by atoms with E-state index in [1.807, 2.05) is 18.7 Å². The second-order valence-electron chi connectivity index (χ2n) is 7.67. The summed E-state index contributed by atoms with van der Waals surface area (Å²) in [5.41, 5.74) is 1.88. The Morgan fingerprint density at radius 3 is 2.06 bits per heavy atom. The van der Waals surface area contributed by atoms with Crippen LogP contribution in [0, 0.1) is 0 Å². The van der Waals surface area contributed by atoms with Gasteiger partial charge in [0.2, 0.25) is 10.0 Å². The van der Waals surface area contributed by atoms with Gasteiger partial charge in [0.05, 0.1) is 22.0 Å². The molecule has 0 unspecified atom stereocenters. The monoisotopic (exact) mass is 495 g/mol. The van der Waals surface area contributed by atoms with Gasteiger partial charge in [-0.05, 0) is 49.7 Å². The van der Waals surface area contributed by atoms with Gasteiger partial charge in [-0.2, -0.15) is 4.31 Å². The number of nitrogens with one attached hydrogen (secondary N) is 1. The molecule has 2 aromatic rings. The number of carbonyl (C=O) groups excluding carboxylic acids is 1. The van der Waals surface area contributed by atoms with E-state index in [9.17, 15) is 21.6 Å². The lowest BCUT2D eigenvalue weighted by Gasteiger charge is -2.26. The normalized spacial score (nSPS) is 12.1. The molecule has 2 aromatic carbocycles. The van der Waals surface area contributed by atoms with E-state index < -0.39 is 25.8 Å². The fraction of sp³-hybridized carbons (Fsp3) is 0.435. The van der Waals surface area contributed by atoms with Crippen molar-refractivity contribution in [2.75, 3.05) is 42.7 Å². The van der Waals surface area contributed by atoms with Crippen LogP contribution >= 0.6 is 0 Å². The first-order valence-corrected chi connectivity index (χ1v) is 14.4. The van der Waals surface area contributed by atoms with Crippen molar-refractivity contribution in [3.05, 3.63) is 53.6 Å². The molecule has 8 nitrogen and oxygen atoms in total. The average Bonchev–Trinajstić information content (AvgIpc) is 2.75. The minimum absolute atomic E-state index is 0.100. The van der Waals surface area contributed by atoms with Crippen molar-refractivity contribution < 1.29 is 21.6 Å². The predicted octanol–water partition coefficient (Wildman–Crippen LogP) is 3.36. The van der Waals surface area contributed by atoms with Crippen LogP contribution in [0.4, 0.5) is 11.4 Å². The number of rotatable bonds is 11. The zero-order chi connectivity index (χ0) is 24.8. The van der Waals surface area contributed by atoms with Gasteiger partial charge in [0.15, 0.2) is 9.84 Å². The molecule has 182 valence electrons. The minimum atomic E-state index is -3.71. The summed E-state index contributed by atoms with van der Waals surface area (Å²) >= 11 is 0. The van der Waals surface area contributed by atoms with E-state index in [1.165, 1.54) is 16.4 Å². The smallest absolute Gasteiger partial charge is 0.255 e. The largest absolute Gasteiger partial charge is 0.370 e. The van der Waals surface area contributed by atoms with Crippen molar-refractivity contribution >= 4 is 37.1 Å². The Morgan fingerprint density at radius 2 is 1.52 bits per heavy atom. The summed E-state index contributed by atoms with van der Waals surface area (Å²) in [7, 11) is -6.96. The minimum Gasteiger partial charge on any atom is -0.370 e. The standard InChI is InChI=1S/C23H33N3O5S2/c1-6-25(7-2)22-14-13-20(33(30,31)26(8-3)9-4)16-21(22)24-23(27)19-12-10-11-18(15-19)17-32(5,28)29/h10-16H,6-9,17H2,1-5H3,(H,24,27). The lowest BCUT2D eigenvalue weighted by molar-refractivity contribution is 0.102. The molecular formula is C23H33N3O5S2. The summed E-state index contributed by atoms with van der Waals surface area (Å²) in [4.78, 5) is 15.2. The molecule has 10 heteroatoms. The Balaban J connectivity index is 2.50. The average molecular weight is 496 g/mol. The third-order valence-electron chi connectivity index (χ3n) is 5.28. The van der Waals surface area contributed by atoms with Crippen molar-refractivity contribution in [3.8, 4) is 0 Å². The third kappa shape index (κ3) is 6.78. The summed E-state index contributed by atoms with van der Waals surface area (Å²) in [6.07, 6.45) is 1.14. The molecule has 0 saturated carbocycles. The number of sulfone groups is 1. The van der Waals surface area contributed by atoms with Gasteiger partial charge in [-0.15, -0.1) is 0 Å². The zero-order valence-electron chi connectivity index (χ0n) is 19.8. The molecule has 1 amide bonds. The van der Waals surface area contributed by atoms with Gasteiger partial charge in [-0.25, -0.2) is 16.8 Å². The molecule has 0 heterocycles. The third-order valence-corrected chi connectivity index (χ3v) is 8.19. The molecule has 0 spiro atoms. The molecular weight excluding hydrogens is 462 g/mol. The van der Waals surface area contributed by atoms with Crippen LogP contribution in [0.1, 0.15) is 43.6 Å². The summed E-state index contributed by atoms with van der Waals surface area (Å²) in [6.45, 7) is 9.53. The van der Waals surface area contributed by atoms with Crippen LogP contribution < -0.4 is 10.2 Å². The molecule has 2 rings (SSSR count). The summed E-state index contributed by atoms with van der Waals surface area (Å²) in [5.74, 6) is -0.618. The van der Waals surface area contributed by atoms with Gasteiger partial charge in [0.1, 0.15) is 0 Å². The fourth-order valence-electron chi connectivity index (χ4n) is 3.63. The summed E-state index contributed by atoms with van der Waals surface area (Å²) in [5, 5.41) is 2.84. The maximum atomic E-state index is 13.1. The Hall–Kier alpha value is -2.43. The molecule has 0 aliphatic carbocycles. The Kier molecular flexibility index (Phi) is 9.04. The number of sulfonamides is 1. The second kappa shape index (κ2) is 11.1. The van der Waals surface area contributed by atoms with E-state index in [0.29, 0.717) is 48.7 Å². The van der Waals surface area contributed by atoms with Crippen LogP contribution in [0.2, 0.25) is 0 Å². The molecule has 0 fully saturated rings. The van der Waals surface area contributed by atoms with Crippen LogP contribution in [0.25, 0.3) is 0 Å². The molecule has 0 atom stereocenters. The van der Waals surface area contributed by atoms with Crippen LogP contribution in [0.5, 0.6) is 0 Å². The molecule has 0 saturated heterocycles. The molecule has 0 aliphatic heterocycles. The molecule has 33 heavy (non-hydrogen) atoms. The van der Waals surface area contributed by atoms with Gasteiger partial charge in [-0.3, -0.25) is 4.79 Å². The summed E-state index contributed by atoms with van der Waals surface area (Å²) in [6, 6.07) is 11.2. The highest BCUT2D eigenvalue weighted by molar-refractivity contribution is 7.90. The van der Waals surface area contributed by atoms with Crippen LogP contribution in [-0.2, 0) is 25.6 Å². The Labute approximate surface area is 197 Å². The van der Waals surface area contributed by atoms with E-state index in [1.54, 1.807) is 44.2 Å². The highest BCUT2D eigenvalue weighted by Gasteiger charge is 2.24. The van der Waals surface area contributed by atoms with Gasteiger partial charge in [-0.1, -0.05) is 26.0 Å². The Bertz CT molecular complexity index is 1190. The van der Waals surface area contributed by atoms with Gasteiger partial charge < -0.3 is 10.2 Å². The second-order valence-corrected chi connectivity index (χ2v) is 11.7. The van der Waals surface area contributed by atoms with Crippen molar-refractivity contribution in [1.29, 1.82) is 0 Å². The van der Waals surface area contributed by atoms with Crippen LogP contribution in [0.15, 0.2) is 47.4 Å². The van der Waals surface area contributed by atoms with Crippen molar-refractivity contribution in [2.24, 2.45) is 0 Å². The molecule has 0 radical (unpaired) electrons. The number of carbonyl (C=O) groups is 1. The number of amides is 1. The first-order valence-electron chi connectivity index (χ1n) is 10.9. The maximum Gasteiger partial charge on any atom is 0.255 e. The van der Waals surface area contributed by atoms with E-state index in [0.717, 1.165) is 6.26 Å². The lowest BCUT2D eigenvalue weighted by atomic mass is 10.1. The number of hydrogen-bond donors (Lipinski definition) is 1. The number of nitrogens with zero attached hydrogens (tertiary/aromatic N) is 2. The van der Waals surface area contributed by atoms with E-state index in [4.69, 9.17) is 0 Å². The van der Waals surface area contributed by atoms with Crippen LogP contribution in [-0.4, -0.2) is 59.5 Å². The van der Waals surface area contributed by atoms with Crippen LogP contribution in [0.3, 0.4) is 0 Å². The highest BCUT2D eigenvalue weighted by Crippen LogP contribution is 2.31. The first kappa shape index (κ1) is 26.8. The van der Waals surface area contributed by atoms with Gasteiger partial charge >= 0.3 is 0 Å². The topological polar surface area (TPSA) is 104 Å². The van der Waals surface area contributed by atoms with Crippen molar-refractivity contribution in [3.63, 3.8) is 0 Å². The predicted molar refractivity (Wildman–Crippen MR) is 133 cm³/mol. The van der Waals surface area contributed by atoms with Crippen molar-refractivity contribution in [1.82, 2.24) is 4.31 Å².